The fraction of sp³-hybridized carbons (Fsp3) is 0.273. The summed E-state index contributed by atoms with van der Waals surface area (Å²) < 4.78 is 0. The van der Waals surface area contributed by atoms with Crippen molar-refractivity contribution in [2.75, 3.05) is 41.3 Å². The normalized spacial score (nSPS) is 14.3. The molecule has 0 aliphatic carbocycles. The van der Waals surface area contributed by atoms with Gasteiger partial charge in [0.15, 0.2) is 0 Å². The number of aryl methyl sites for hydroxylation is 2. The lowest BCUT2D eigenvalue weighted by molar-refractivity contribution is 0.639. The summed E-state index contributed by atoms with van der Waals surface area (Å²) in [5, 5.41) is 3.44. The second kappa shape index (κ2) is 7.66. The Kier molecular flexibility index (Phi) is 4.92. The van der Waals surface area contributed by atoms with Crippen LogP contribution >= 0.6 is 0 Å². The van der Waals surface area contributed by atoms with E-state index in [2.05, 4.69) is 69.5 Å². The Bertz CT molecular complexity index is 902. The van der Waals surface area contributed by atoms with Crippen molar-refractivity contribution >= 4 is 23.1 Å². The number of hydrogen-bond acceptors (Lipinski definition) is 5. The van der Waals surface area contributed by atoms with Gasteiger partial charge in [0.1, 0.15) is 5.82 Å². The number of piperazine rings is 1. The van der Waals surface area contributed by atoms with Gasteiger partial charge in [-0.25, -0.2) is 4.98 Å². The van der Waals surface area contributed by atoms with Crippen LogP contribution in [0.15, 0.2) is 60.7 Å². The Morgan fingerprint density at radius 2 is 1.44 bits per heavy atom. The van der Waals surface area contributed by atoms with Crippen LogP contribution in [0.4, 0.5) is 23.1 Å². The zero-order valence-electron chi connectivity index (χ0n) is 15.9. The molecule has 2 heterocycles. The molecule has 1 fully saturated rings. The van der Waals surface area contributed by atoms with Gasteiger partial charge in [-0.2, -0.15) is 4.98 Å². The summed E-state index contributed by atoms with van der Waals surface area (Å²) >= 11 is 0. The van der Waals surface area contributed by atoms with E-state index in [1.807, 2.05) is 25.1 Å². The molecule has 27 heavy (non-hydrogen) atoms. The maximum Gasteiger partial charge on any atom is 0.227 e. The van der Waals surface area contributed by atoms with Crippen molar-refractivity contribution in [1.29, 1.82) is 0 Å². The number of rotatable bonds is 4. The summed E-state index contributed by atoms with van der Waals surface area (Å²) in [4.78, 5) is 14.1. The summed E-state index contributed by atoms with van der Waals surface area (Å²) in [5.74, 6) is 1.65. The smallest absolute Gasteiger partial charge is 0.227 e. The number of aromatic nitrogens is 2. The van der Waals surface area contributed by atoms with Gasteiger partial charge in [-0.05, 0) is 37.6 Å². The minimum absolute atomic E-state index is 0.804. The van der Waals surface area contributed by atoms with E-state index in [1.54, 1.807) is 0 Å². The minimum Gasteiger partial charge on any atom is -0.368 e. The molecule has 5 heteroatoms. The Hall–Kier alpha value is -3.08. The average Bonchev–Trinajstić information content (AvgIpc) is 2.70. The van der Waals surface area contributed by atoms with Crippen LogP contribution in [0.5, 0.6) is 0 Å². The number of anilines is 4. The molecule has 5 nitrogen and oxygen atoms in total. The van der Waals surface area contributed by atoms with Crippen molar-refractivity contribution in [1.82, 2.24) is 9.97 Å². The van der Waals surface area contributed by atoms with Crippen LogP contribution in [-0.4, -0.2) is 36.1 Å². The second-order valence-electron chi connectivity index (χ2n) is 6.94. The lowest BCUT2D eigenvalue weighted by Crippen LogP contribution is -2.47. The first-order valence-electron chi connectivity index (χ1n) is 9.42. The van der Waals surface area contributed by atoms with Gasteiger partial charge in [-0.15, -0.1) is 0 Å². The van der Waals surface area contributed by atoms with Gasteiger partial charge in [0.2, 0.25) is 5.95 Å². The Balaban J connectivity index is 1.48. The molecule has 0 atom stereocenters. The van der Waals surface area contributed by atoms with E-state index in [9.17, 15) is 0 Å². The third kappa shape index (κ3) is 4.03. The third-order valence-corrected chi connectivity index (χ3v) is 4.93. The van der Waals surface area contributed by atoms with E-state index in [4.69, 9.17) is 4.98 Å². The molecule has 0 saturated carbocycles. The van der Waals surface area contributed by atoms with Gasteiger partial charge in [-0.3, -0.25) is 0 Å². The second-order valence-corrected chi connectivity index (χ2v) is 6.94. The first-order valence-corrected chi connectivity index (χ1v) is 9.42. The van der Waals surface area contributed by atoms with Crippen LogP contribution in [0, 0.1) is 13.8 Å². The largest absolute Gasteiger partial charge is 0.368 e. The maximum atomic E-state index is 4.78. The number of benzene rings is 2. The molecule has 4 rings (SSSR count). The van der Waals surface area contributed by atoms with Crippen LogP contribution in [0.2, 0.25) is 0 Å². The zero-order valence-corrected chi connectivity index (χ0v) is 15.9. The minimum atomic E-state index is 0.804. The van der Waals surface area contributed by atoms with Gasteiger partial charge >= 0.3 is 0 Å². The van der Waals surface area contributed by atoms with Crippen LogP contribution in [0.1, 0.15) is 11.3 Å². The van der Waals surface area contributed by atoms with Gasteiger partial charge in [0.05, 0.1) is 0 Å². The quantitative estimate of drug-likeness (QED) is 0.758. The average molecular weight is 359 g/mol. The van der Waals surface area contributed by atoms with E-state index in [-0.39, 0.29) is 0 Å². The fourth-order valence-corrected chi connectivity index (χ4v) is 3.41. The van der Waals surface area contributed by atoms with E-state index >= 15 is 0 Å². The Morgan fingerprint density at radius 1 is 0.778 bits per heavy atom. The van der Waals surface area contributed by atoms with Crippen LogP contribution in [0.25, 0.3) is 0 Å². The molecule has 138 valence electrons. The highest BCUT2D eigenvalue weighted by molar-refractivity contribution is 5.61. The summed E-state index contributed by atoms with van der Waals surface area (Å²) in [6, 6.07) is 20.8. The molecule has 1 aliphatic heterocycles. The van der Waals surface area contributed by atoms with Gasteiger partial charge < -0.3 is 15.1 Å². The molecule has 2 aromatic carbocycles. The third-order valence-electron chi connectivity index (χ3n) is 4.93. The van der Waals surface area contributed by atoms with Crippen molar-refractivity contribution in [3.63, 3.8) is 0 Å². The lowest BCUT2D eigenvalue weighted by Gasteiger charge is -2.36. The van der Waals surface area contributed by atoms with Crippen molar-refractivity contribution in [3.8, 4) is 0 Å². The predicted molar refractivity (Wildman–Crippen MR) is 112 cm³/mol. The number of hydrogen-bond donors (Lipinski definition) is 1. The van der Waals surface area contributed by atoms with E-state index < -0.39 is 0 Å². The lowest BCUT2D eigenvalue weighted by atomic mass is 10.2. The van der Waals surface area contributed by atoms with Crippen molar-refractivity contribution in [2.24, 2.45) is 0 Å². The summed E-state index contributed by atoms with van der Waals surface area (Å²) in [6.07, 6.45) is 0. The highest BCUT2D eigenvalue weighted by Gasteiger charge is 2.20. The summed E-state index contributed by atoms with van der Waals surface area (Å²) in [5.41, 5.74) is 4.54. The van der Waals surface area contributed by atoms with E-state index in [0.717, 1.165) is 49.3 Å². The van der Waals surface area contributed by atoms with Gasteiger partial charge in [-0.1, -0.05) is 36.4 Å². The molecule has 1 aromatic heterocycles. The molecule has 1 N–H and O–H groups in total. The molecule has 1 saturated heterocycles. The predicted octanol–water partition coefficient (Wildman–Crippen LogP) is 4.16. The molecule has 3 aromatic rings. The van der Waals surface area contributed by atoms with Crippen molar-refractivity contribution in [2.45, 2.75) is 13.8 Å². The van der Waals surface area contributed by atoms with Crippen molar-refractivity contribution in [3.05, 3.63) is 71.9 Å². The number of nitrogens with zero attached hydrogens (tertiary/aromatic N) is 4. The molecule has 0 spiro atoms. The van der Waals surface area contributed by atoms with Gasteiger partial charge in [0.25, 0.3) is 0 Å². The Labute approximate surface area is 160 Å². The number of para-hydroxylation sites is 2. The fourth-order valence-electron chi connectivity index (χ4n) is 3.41. The monoisotopic (exact) mass is 359 g/mol. The summed E-state index contributed by atoms with van der Waals surface area (Å²) in [7, 11) is 0. The van der Waals surface area contributed by atoms with Crippen molar-refractivity contribution < 1.29 is 0 Å². The van der Waals surface area contributed by atoms with Crippen LogP contribution in [-0.2, 0) is 0 Å². The van der Waals surface area contributed by atoms with E-state index in [0.29, 0.717) is 0 Å². The summed E-state index contributed by atoms with van der Waals surface area (Å²) in [6.45, 7) is 7.91. The highest BCUT2D eigenvalue weighted by atomic mass is 15.3. The Morgan fingerprint density at radius 3 is 2.19 bits per heavy atom. The molecule has 0 unspecified atom stereocenters. The standard InChI is InChI=1S/C22H25N5/c1-17-8-6-7-11-20(17)24-21-16-18(2)23-22(25-21)27-14-12-26(13-15-27)19-9-4-3-5-10-19/h3-11,16H,12-15H2,1-2H3,(H,23,24,25). The number of nitrogens with one attached hydrogen (secondary N) is 1. The van der Waals surface area contributed by atoms with E-state index in [1.165, 1.54) is 11.3 Å². The molecule has 0 amide bonds. The first kappa shape index (κ1) is 17.3. The van der Waals surface area contributed by atoms with Gasteiger partial charge in [0, 0.05) is 49.3 Å². The highest BCUT2D eigenvalue weighted by Crippen LogP contribution is 2.23. The SMILES string of the molecule is Cc1cc(Nc2ccccc2C)nc(N2CCN(c3ccccc3)CC2)n1. The molecule has 0 radical (unpaired) electrons. The van der Waals surface area contributed by atoms with Crippen LogP contribution < -0.4 is 15.1 Å². The molecular weight excluding hydrogens is 334 g/mol. The zero-order chi connectivity index (χ0) is 18.6. The molecular formula is C22H25N5. The first-order chi connectivity index (χ1) is 13.2. The topological polar surface area (TPSA) is 44.3 Å². The molecule has 0 bridgehead atoms. The van der Waals surface area contributed by atoms with Crippen LogP contribution in [0.3, 0.4) is 0 Å². The molecule has 1 aliphatic rings. The maximum absolute atomic E-state index is 4.78.